The monoisotopic (exact) mass is 398 g/mol. The van der Waals surface area contributed by atoms with E-state index in [0.29, 0.717) is 5.56 Å². The number of nitrogens with one attached hydrogen (secondary N) is 1. The molecule has 0 saturated carbocycles. The first-order valence-electron chi connectivity index (χ1n) is 7.75. The molecular weight excluding hydrogens is 373 g/mol. The Hall–Kier alpha value is -0.990. The van der Waals surface area contributed by atoms with Crippen LogP contribution in [0.5, 0.6) is 0 Å². The molecule has 25 heavy (non-hydrogen) atoms. The molecule has 1 aliphatic heterocycles. The first-order valence-corrected chi connectivity index (χ1v) is 7.75. The molecule has 0 radical (unpaired) electrons. The van der Waals surface area contributed by atoms with Gasteiger partial charge in [-0.2, -0.15) is 0 Å². The number of likely N-dealkylation sites (N-methyl/N-ethyl adjacent to an activating group) is 1. The minimum absolute atomic E-state index is 0. The van der Waals surface area contributed by atoms with Crippen molar-refractivity contribution < 1.29 is 13.6 Å². The minimum Gasteiger partial charge on any atom is -0.346 e. The number of nitrogens with two attached hydrogens (primary N) is 1. The van der Waals surface area contributed by atoms with Crippen LogP contribution in [-0.2, 0) is 6.54 Å². The van der Waals surface area contributed by atoms with Gasteiger partial charge in [-0.25, -0.2) is 8.78 Å². The van der Waals surface area contributed by atoms with E-state index in [1.165, 1.54) is 0 Å². The van der Waals surface area contributed by atoms with E-state index in [2.05, 4.69) is 22.2 Å². The lowest BCUT2D eigenvalue weighted by Crippen LogP contribution is -2.43. The molecule has 9 heteroatoms. The molecule has 1 heterocycles. The molecule has 1 aromatic rings. The second-order valence-corrected chi connectivity index (χ2v) is 6.02. The normalized spacial score (nSPS) is 15.8. The molecule has 1 amide bonds. The fourth-order valence-corrected chi connectivity index (χ4v) is 2.41. The van der Waals surface area contributed by atoms with Gasteiger partial charge in [0.15, 0.2) is 0 Å². The van der Waals surface area contributed by atoms with Gasteiger partial charge in [0.2, 0.25) is 0 Å². The molecule has 0 aromatic heterocycles. The van der Waals surface area contributed by atoms with E-state index in [0.717, 1.165) is 38.3 Å². The summed E-state index contributed by atoms with van der Waals surface area (Å²) in [6.45, 7) is 3.45. The maximum absolute atomic E-state index is 13.0. The predicted octanol–water partition coefficient (Wildman–Crippen LogP) is 1.60. The number of hydrogen-bond donors (Lipinski definition) is 2. The summed E-state index contributed by atoms with van der Waals surface area (Å²) < 4.78 is 26.1. The quantitative estimate of drug-likeness (QED) is 0.763. The van der Waals surface area contributed by atoms with Crippen molar-refractivity contribution in [3.8, 4) is 0 Å². The fourth-order valence-electron chi connectivity index (χ4n) is 2.41. The third kappa shape index (κ3) is 7.83. The summed E-state index contributed by atoms with van der Waals surface area (Å²) in [6.07, 6.45) is 0. The van der Waals surface area contributed by atoms with Crippen LogP contribution in [0.15, 0.2) is 24.3 Å². The molecule has 0 bridgehead atoms. The van der Waals surface area contributed by atoms with Crippen molar-refractivity contribution in [3.05, 3.63) is 35.4 Å². The Kier molecular flexibility index (Phi) is 10.4. The molecular formula is C16H26Cl2F2N4O. The topological polar surface area (TPSA) is 61.6 Å². The van der Waals surface area contributed by atoms with Gasteiger partial charge in [0.1, 0.15) is 0 Å². The highest BCUT2D eigenvalue weighted by molar-refractivity contribution is 5.94. The number of carbonyl (C=O) groups is 1. The maximum atomic E-state index is 13.0. The molecule has 2 rings (SSSR count). The molecule has 0 spiro atoms. The molecule has 144 valence electrons. The lowest BCUT2D eigenvalue weighted by atomic mass is 10.1. The fraction of sp³-hybridized carbons (Fsp3) is 0.562. The Morgan fingerprint density at radius 2 is 1.72 bits per heavy atom. The Bertz CT molecular complexity index is 523. The zero-order valence-electron chi connectivity index (χ0n) is 14.2. The van der Waals surface area contributed by atoms with E-state index in [9.17, 15) is 13.6 Å². The Labute approximate surface area is 159 Å². The molecule has 1 saturated heterocycles. The van der Waals surface area contributed by atoms with Crippen LogP contribution in [0.3, 0.4) is 0 Å². The summed E-state index contributed by atoms with van der Waals surface area (Å²) in [5.41, 5.74) is 6.42. The Morgan fingerprint density at radius 1 is 1.16 bits per heavy atom. The summed E-state index contributed by atoms with van der Waals surface area (Å²) >= 11 is 0. The van der Waals surface area contributed by atoms with Crippen LogP contribution in [0, 0.1) is 0 Å². The van der Waals surface area contributed by atoms with E-state index in [-0.39, 0.29) is 24.8 Å². The molecule has 1 aliphatic rings. The van der Waals surface area contributed by atoms with E-state index < -0.39 is 24.9 Å². The molecule has 0 atom stereocenters. The number of piperazine rings is 1. The van der Waals surface area contributed by atoms with Crippen LogP contribution in [-0.4, -0.2) is 67.9 Å². The lowest BCUT2D eigenvalue weighted by molar-refractivity contribution is 0.0118. The van der Waals surface area contributed by atoms with Crippen LogP contribution in [0.25, 0.3) is 0 Å². The summed E-state index contributed by atoms with van der Waals surface area (Å²) in [5, 5.41) is 2.21. The van der Waals surface area contributed by atoms with E-state index in [1.807, 2.05) is 12.1 Å². The summed E-state index contributed by atoms with van der Waals surface area (Å²) in [5.74, 6) is -3.58. The van der Waals surface area contributed by atoms with Crippen molar-refractivity contribution in [3.63, 3.8) is 0 Å². The van der Waals surface area contributed by atoms with Crippen molar-refractivity contribution in [2.45, 2.75) is 12.5 Å². The van der Waals surface area contributed by atoms with Crippen molar-refractivity contribution in [1.82, 2.24) is 15.1 Å². The number of benzene rings is 1. The maximum Gasteiger partial charge on any atom is 0.277 e. The number of nitrogens with zero attached hydrogens (tertiary/aromatic N) is 2. The zero-order valence-corrected chi connectivity index (χ0v) is 15.8. The number of alkyl halides is 2. The zero-order chi connectivity index (χ0) is 16.9. The minimum atomic E-state index is -3.07. The van der Waals surface area contributed by atoms with Gasteiger partial charge < -0.3 is 16.0 Å². The van der Waals surface area contributed by atoms with E-state index in [1.54, 1.807) is 12.1 Å². The molecule has 0 unspecified atom stereocenters. The van der Waals surface area contributed by atoms with Gasteiger partial charge in [0.05, 0.1) is 13.1 Å². The standard InChI is InChI=1S/C16H24F2N4O.2ClH/c1-21-6-8-22(9-7-21)10-13-2-4-14(5-3-13)15(23)20-12-16(17,18)11-19;;/h2-5H,6-12,19H2,1H3,(H,20,23);2*1H. The van der Waals surface area contributed by atoms with Crippen molar-refractivity contribution in [2.24, 2.45) is 5.73 Å². The highest BCUT2D eigenvalue weighted by Gasteiger charge is 2.27. The van der Waals surface area contributed by atoms with Gasteiger partial charge in [-0.05, 0) is 24.7 Å². The molecule has 3 N–H and O–H groups in total. The van der Waals surface area contributed by atoms with Gasteiger partial charge in [0, 0.05) is 38.3 Å². The summed E-state index contributed by atoms with van der Waals surface area (Å²) in [4.78, 5) is 16.5. The molecule has 5 nitrogen and oxygen atoms in total. The third-order valence-electron chi connectivity index (χ3n) is 4.02. The van der Waals surface area contributed by atoms with Crippen LogP contribution in [0.1, 0.15) is 15.9 Å². The summed E-state index contributed by atoms with van der Waals surface area (Å²) in [6, 6.07) is 7.07. The van der Waals surface area contributed by atoms with Crippen LogP contribution in [0.4, 0.5) is 8.78 Å². The molecule has 1 fully saturated rings. The largest absolute Gasteiger partial charge is 0.346 e. The number of amides is 1. The second kappa shape index (κ2) is 10.9. The highest BCUT2D eigenvalue weighted by atomic mass is 35.5. The van der Waals surface area contributed by atoms with E-state index in [4.69, 9.17) is 5.73 Å². The van der Waals surface area contributed by atoms with Crippen LogP contribution < -0.4 is 11.1 Å². The van der Waals surface area contributed by atoms with Crippen LogP contribution in [0.2, 0.25) is 0 Å². The van der Waals surface area contributed by atoms with Gasteiger partial charge >= 0.3 is 0 Å². The number of hydrogen-bond acceptors (Lipinski definition) is 4. The average Bonchev–Trinajstić information content (AvgIpc) is 2.55. The highest BCUT2D eigenvalue weighted by Crippen LogP contribution is 2.11. The Morgan fingerprint density at radius 3 is 2.24 bits per heavy atom. The Balaban J connectivity index is 0.00000288. The third-order valence-corrected chi connectivity index (χ3v) is 4.02. The molecule has 1 aromatic carbocycles. The van der Waals surface area contributed by atoms with Gasteiger partial charge in [-0.15, -0.1) is 24.8 Å². The smallest absolute Gasteiger partial charge is 0.277 e. The number of rotatable bonds is 6. The van der Waals surface area contributed by atoms with Gasteiger partial charge in [0.25, 0.3) is 11.8 Å². The van der Waals surface area contributed by atoms with Crippen molar-refractivity contribution in [1.29, 1.82) is 0 Å². The first kappa shape index (κ1) is 24.0. The summed E-state index contributed by atoms with van der Waals surface area (Å²) in [7, 11) is 2.11. The van der Waals surface area contributed by atoms with Gasteiger partial charge in [-0.1, -0.05) is 12.1 Å². The van der Waals surface area contributed by atoms with Gasteiger partial charge in [-0.3, -0.25) is 9.69 Å². The predicted molar refractivity (Wildman–Crippen MR) is 100 cm³/mol. The SMILES string of the molecule is CN1CCN(Cc2ccc(C(=O)NCC(F)(F)CN)cc2)CC1.Cl.Cl. The number of carbonyl (C=O) groups excluding carboxylic acids is 1. The van der Waals surface area contributed by atoms with Crippen LogP contribution >= 0.6 is 24.8 Å². The van der Waals surface area contributed by atoms with E-state index >= 15 is 0 Å². The van der Waals surface area contributed by atoms with Crippen molar-refractivity contribution >= 4 is 30.7 Å². The second-order valence-electron chi connectivity index (χ2n) is 6.02. The van der Waals surface area contributed by atoms with Crippen molar-refractivity contribution in [2.75, 3.05) is 46.3 Å². The lowest BCUT2D eigenvalue weighted by Gasteiger charge is -2.32. The number of halogens is 4. The first-order chi connectivity index (χ1) is 10.9. The average molecular weight is 399 g/mol. The molecule has 0 aliphatic carbocycles.